The van der Waals surface area contributed by atoms with Gasteiger partial charge < -0.3 is 10.6 Å². The van der Waals surface area contributed by atoms with E-state index in [4.69, 9.17) is 0 Å². The molecular weight excluding hydrogens is 298 g/mol. The SMILES string of the molecule is O=C(NCC1(c2ccccc2)CC1)Nc1cccc2cccnc12. The minimum absolute atomic E-state index is 0.107. The number of aromatic nitrogens is 1. The van der Waals surface area contributed by atoms with E-state index in [1.807, 2.05) is 36.4 Å². The van der Waals surface area contributed by atoms with Crippen LogP contribution in [0, 0.1) is 0 Å². The molecule has 1 aromatic heterocycles. The molecule has 0 bridgehead atoms. The quantitative estimate of drug-likeness (QED) is 0.761. The van der Waals surface area contributed by atoms with Crippen LogP contribution in [0.4, 0.5) is 10.5 Å². The zero-order valence-corrected chi connectivity index (χ0v) is 13.3. The van der Waals surface area contributed by atoms with Gasteiger partial charge in [0.05, 0.1) is 11.2 Å². The first kappa shape index (κ1) is 14.7. The van der Waals surface area contributed by atoms with Gasteiger partial charge >= 0.3 is 6.03 Å². The second-order valence-corrected chi connectivity index (χ2v) is 6.33. The Morgan fingerprint density at radius 3 is 2.58 bits per heavy atom. The van der Waals surface area contributed by atoms with Crippen LogP contribution < -0.4 is 10.6 Å². The first-order valence-corrected chi connectivity index (χ1v) is 8.21. The predicted molar refractivity (Wildman–Crippen MR) is 96.1 cm³/mol. The second kappa shape index (κ2) is 5.96. The number of hydrogen-bond acceptors (Lipinski definition) is 2. The first-order chi connectivity index (χ1) is 11.8. The number of amides is 2. The Hall–Kier alpha value is -2.88. The van der Waals surface area contributed by atoms with Gasteiger partial charge in [0.2, 0.25) is 0 Å². The molecule has 1 aliphatic rings. The molecule has 24 heavy (non-hydrogen) atoms. The van der Waals surface area contributed by atoms with Crippen molar-refractivity contribution in [3.63, 3.8) is 0 Å². The van der Waals surface area contributed by atoms with Crippen molar-refractivity contribution in [2.24, 2.45) is 0 Å². The van der Waals surface area contributed by atoms with Crippen molar-refractivity contribution >= 4 is 22.6 Å². The number of nitrogens with zero attached hydrogens (tertiary/aromatic N) is 1. The average molecular weight is 317 g/mol. The number of pyridine rings is 1. The Kier molecular flexibility index (Phi) is 3.65. The molecule has 3 aromatic rings. The van der Waals surface area contributed by atoms with E-state index in [1.165, 1.54) is 5.56 Å². The molecule has 2 N–H and O–H groups in total. The van der Waals surface area contributed by atoms with E-state index in [2.05, 4.69) is 39.9 Å². The maximum absolute atomic E-state index is 12.3. The molecule has 2 aromatic carbocycles. The van der Waals surface area contributed by atoms with Crippen molar-refractivity contribution < 1.29 is 4.79 Å². The Labute approximate surface area is 140 Å². The lowest BCUT2D eigenvalue weighted by Crippen LogP contribution is -2.35. The molecule has 1 heterocycles. The number of hydrogen-bond donors (Lipinski definition) is 2. The Morgan fingerprint density at radius 2 is 1.79 bits per heavy atom. The van der Waals surface area contributed by atoms with Gasteiger partial charge in [0.15, 0.2) is 0 Å². The molecule has 0 unspecified atom stereocenters. The van der Waals surface area contributed by atoms with E-state index in [0.29, 0.717) is 6.54 Å². The number of para-hydroxylation sites is 1. The molecule has 0 spiro atoms. The summed E-state index contributed by atoms with van der Waals surface area (Å²) < 4.78 is 0. The lowest BCUT2D eigenvalue weighted by atomic mass is 9.96. The van der Waals surface area contributed by atoms with Crippen LogP contribution in [0.3, 0.4) is 0 Å². The lowest BCUT2D eigenvalue weighted by molar-refractivity contribution is 0.251. The molecule has 120 valence electrons. The lowest BCUT2D eigenvalue weighted by Gasteiger charge is -2.17. The van der Waals surface area contributed by atoms with Gasteiger partial charge in [0, 0.05) is 23.5 Å². The van der Waals surface area contributed by atoms with Gasteiger partial charge in [-0.05, 0) is 30.5 Å². The van der Waals surface area contributed by atoms with Crippen molar-refractivity contribution in [2.75, 3.05) is 11.9 Å². The summed E-state index contributed by atoms with van der Waals surface area (Å²) in [5, 5.41) is 6.96. The largest absolute Gasteiger partial charge is 0.337 e. The number of carbonyl (C=O) groups is 1. The van der Waals surface area contributed by atoms with Crippen molar-refractivity contribution in [3.05, 3.63) is 72.4 Å². The van der Waals surface area contributed by atoms with Crippen LogP contribution >= 0.6 is 0 Å². The van der Waals surface area contributed by atoms with E-state index in [-0.39, 0.29) is 11.4 Å². The highest BCUT2D eigenvalue weighted by Gasteiger charge is 2.44. The summed E-state index contributed by atoms with van der Waals surface area (Å²) in [5.41, 5.74) is 2.95. The zero-order chi connectivity index (χ0) is 16.4. The number of benzene rings is 2. The topological polar surface area (TPSA) is 54.0 Å². The maximum atomic E-state index is 12.3. The highest BCUT2D eigenvalue weighted by atomic mass is 16.2. The zero-order valence-electron chi connectivity index (χ0n) is 13.3. The molecule has 4 nitrogen and oxygen atoms in total. The predicted octanol–water partition coefficient (Wildman–Crippen LogP) is 4.09. The second-order valence-electron chi connectivity index (χ2n) is 6.33. The number of carbonyl (C=O) groups excluding carboxylic acids is 1. The number of fused-ring (bicyclic) bond motifs is 1. The molecule has 0 saturated heterocycles. The van der Waals surface area contributed by atoms with Gasteiger partial charge in [-0.3, -0.25) is 4.98 Å². The number of anilines is 1. The van der Waals surface area contributed by atoms with Crippen LogP contribution in [0.1, 0.15) is 18.4 Å². The molecule has 2 amide bonds. The molecule has 1 aliphatic carbocycles. The molecule has 0 aliphatic heterocycles. The van der Waals surface area contributed by atoms with Crippen molar-refractivity contribution in [2.45, 2.75) is 18.3 Å². The summed E-state index contributed by atoms with van der Waals surface area (Å²) in [5.74, 6) is 0. The Balaban J connectivity index is 1.44. The van der Waals surface area contributed by atoms with Crippen LogP contribution in [0.25, 0.3) is 10.9 Å². The van der Waals surface area contributed by atoms with E-state index in [0.717, 1.165) is 29.4 Å². The molecular formula is C20H19N3O. The number of rotatable bonds is 4. The third-order valence-corrected chi connectivity index (χ3v) is 4.71. The van der Waals surface area contributed by atoms with Crippen LogP contribution in [0.2, 0.25) is 0 Å². The maximum Gasteiger partial charge on any atom is 0.319 e. The highest BCUT2D eigenvalue weighted by Crippen LogP contribution is 2.47. The number of nitrogens with one attached hydrogen (secondary N) is 2. The fraction of sp³-hybridized carbons (Fsp3) is 0.200. The van der Waals surface area contributed by atoms with Crippen LogP contribution in [0.15, 0.2) is 66.9 Å². The van der Waals surface area contributed by atoms with Crippen molar-refractivity contribution in [1.29, 1.82) is 0 Å². The van der Waals surface area contributed by atoms with E-state index >= 15 is 0 Å². The molecule has 1 fully saturated rings. The van der Waals surface area contributed by atoms with Crippen LogP contribution in [-0.4, -0.2) is 17.6 Å². The Bertz CT molecular complexity index is 867. The summed E-state index contributed by atoms with van der Waals surface area (Å²) in [6.07, 6.45) is 3.97. The first-order valence-electron chi connectivity index (χ1n) is 8.21. The summed E-state index contributed by atoms with van der Waals surface area (Å²) in [6.45, 7) is 0.654. The van der Waals surface area contributed by atoms with Gasteiger partial charge in [0.1, 0.15) is 0 Å². The third kappa shape index (κ3) is 2.83. The number of urea groups is 1. The monoisotopic (exact) mass is 317 g/mol. The minimum Gasteiger partial charge on any atom is -0.337 e. The van der Waals surface area contributed by atoms with Crippen molar-refractivity contribution in [1.82, 2.24) is 10.3 Å². The van der Waals surface area contributed by atoms with E-state index in [1.54, 1.807) is 6.20 Å². The molecule has 4 heteroatoms. The van der Waals surface area contributed by atoms with Gasteiger partial charge in [-0.25, -0.2) is 4.79 Å². The third-order valence-electron chi connectivity index (χ3n) is 4.71. The van der Waals surface area contributed by atoms with Crippen LogP contribution in [0.5, 0.6) is 0 Å². The van der Waals surface area contributed by atoms with Gasteiger partial charge in [-0.1, -0.05) is 48.5 Å². The summed E-state index contributed by atoms with van der Waals surface area (Å²) in [7, 11) is 0. The molecule has 4 rings (SSSR count). The summed E-state index contributed by atoms with van der Waals surface area (Å²) in [6, 6.07) is 19.9. The summed E-state index contributed by atoms with van der Waals surface area (Å²) >= 11 is 0. The van der Waals surface area contributed by atoms with Crippen LogP contribution in [-0.2, 0) is 5.41 Å². The summed E-state index contributed by atoms with van der Waals surface area (Å²) in [4.78, 5) is 16.7. The van der Waals surface area contributed by atoms with E-state index in [9.17, 15) is 4.79 Å². The molecule has 1 saturated carbocycles. The van der Waals surface area contributed by atoms with Crippen molar-refractivity contribution in [3.8, 4) is 0 Å². The Morgan fingerprint density at radius 1 is 1.00 bits per heavy atom. The smallest absolute Gasteiger partial charge is 0.319 e. The normalized spacial score (nSPS) is 15.0. The average Bonchev–Trinajstić information content (AvgIpc) is 3.42. The minimum atomic E-state index is -0.185. The van der Waals surface area contributed by atoms with Gasteiger partial charge in [-0.2, -0.15) is 0 Å². The molecule has 0 atom stereocenters. The fourth-order valence-electron chi connectivity index (χ4n) is 3.13. The fourth-order valence-corrected chi connectivity index (χ4v) is 3.13. The standard InChI is InChI=1S/C20H19N3O/c24-19(22-14-20(11-12-20)16-8-2-1-3-9-16)23-17-10-4-6-15-7-5-13-21-18(15)17/h1-10,13H,11-12,14H2,(H2,22,23,24). The van der Waals surface area contributed by atoms with Gasteiger partial charge in [0.25, 0.3) is 0 Å². The van der Waals surface area contributed by atoms with Gasteiger partial charge in [-0.15, -0.1) is 0 Å². The molecule has 0 radical (unpaired) electrons. The van der Waals surface area contributed by atoms with E-state index < -0.39 is 0 Å². The highest BCUT2D eigenvalue weighted by molar-refractivity contribution is 5.99.